The summed E-state index contributed by atoms with van der Waals surface area (Å²) in [4.78, 5) is 0. The minimum absolute atomic E-state index is 0.0869. The van der Waals surface area contributed by atoms with Crippen LogP contribution in [0.5, 0.6) is 0 Å². The number of hydrogen-bond donors (Lipinski definition) is 1. The average molecular weight is 266 g/mol. The van der Waals surface area contributed by atoms with Crippen LogP contribution < -0.4 is 0 Å². The number of aliphatic hydroxyl groups excluding tert-OH is 1. The predicted molar refractivity (Wildman–Crippen MR) is 74.9 cm³/mol. The zero-order valence-corrected chi connectivity index (χ0v) is 12.9. The van der Waals surface area contributed by atoms with Gasteiger partial charge >= 0.3 is 0 Å². The molecule has 2 rings (SSSR count). The molecule has 0 amide bonds. The summed E-state index contributed by atoms with van der Waals surface area (Å²) in [7, 11) is 0. The first kappa shape index (κ1) is 14.5. The Bertz CT molecular complexity index is 463. The second-order valence-electron chi connectivity index (χ2n) is 6.75. The van der Waals surface area contributed by atoms with E-state index in [1.54, 1.807) is 0 Å². The molecule has 0 saturated carbocycles. The molecule has 1 saturated heterocycles. The zero-order valence-electron chi connectivity index (χ0n) is 12.9. The van der Waals surface area contributed by atoms with E-state index in [4.69, 9.17) is 4.74 Å². The Labute approximate surface area is 115 Å². The van der Waals surface area contributed by atoms with Crippen LogP contribution in [0.2, 0.25) is 0 Å². The van der Waals surface area contributed by atoms with Crippen molar-refractivity contribution < 1.29 is 9.84 Å². The van der Waals surface area contributed by atoms with Gasteiger partial charge < -0.3 is 9.84 Å². The highest BCUT2D eigenvalue weighted by Gasteiger charge is 2.49. The maximum absolute atomic E-state index is 10.8. The third-order valence-electron chi connectivity index (χ3n) is 4.06. The van der Waals surface area contributed by atoms with Gasteiger partial charge in [-0.2, -0.15) is 5.10 Å². The standard InChI is InChI=1S/C15H26N2O2/c1-7-17-12(8-10(2)16-17)13(18)11-9-14(3,4)19-15(11,5)6/h8,11,13,18H,7,9H2,1-6H3. The molecule has 1 aliphatic rings. The molecule has 1 fully saturated rings. The number of aromatic nitrogens is 2. The van der Waals surface area contributed by atoms with Gasteiger partial charge in [0.15, 0.2) is 0 Å². The van der Waals surface area contributed by atoms with Crippen molar-refractivity contribution in [3.63, 3.8) is 0 Å². The van der Waals surface area contributed by atoms with E-state index in [1.165, 1.54) is 0 Å². The van der Waals surface area contributed by atoms with Crippen LogP contribution in [0.25, 0.3) is 0 Å². The van der Waals surface area contributed by atoms with Gasteiger partial charge in [-0.1, -0.05) is 0 Å². The molecule has 0 spiro atoms. The molecule has 0 bridgehead atoms. The highest BCUT2D eigenvalue weighted by molar-refractivity contribution is 5.15. The van der Waals surface area contributed by atoms with Crippen LogP contribution in [0.3, 0.4) is 0 Å². The van der Waals surface area contributed by atoms with E-state index in [9.17, 15) is 5.11 Å². The van der Waals surface area contributed by atoms with Gasteiger partial charge in [-0.25, -0.2) is 0 Å². The average Bonchev–Trinajstić information content (AvgIpc) is 2.74. The van der Waals surface area contributed by atoms with E-state index in [1.807, 2.05) is 24.6 Å². The van der Waals surface area contributed by atoms with E-state index in [-0.39, 0.29) is 17.1 Å². The fourth-order valence-electron chi connectivity index (χ4n) is 3.36. The first-order chi connectivity index (χ1) is 8.66. The molecular weight excluding hydrogens is 240 g/mol. The zero-order chi connectivity index (χ0) is 14.4. The predicted octanol–water partition coefficient (Wildman–Crippen LogP) is 2.84. The van der Waals surface area contributed by atoms with E-state index in [0.717, 1.165) is 24.4 Å². The monoisotopic (exact) mass is 266 g/mol. The Kier molecular flexibility index (Phi) is 3.52. The summed E-state index contributed by atoms with van der Waals surface area (Å²) in [5, 5.41) is 15.2. The highest BCUT2D eigenvalue weighted by atomic mass is 16.5. The SMILES string of the molecule is CCn1nc(C)cc1C(O)C1CC(C)(C)OC1(C)C. The molecule has 2 atom stereocenters. The molecule has 2 heterocycles. The molecule has 1 aromatic rings. The maximum Gasteiger partial charge on any atom is 0.101 e. The topological polar surface area (TPSA) is 47.3 Å². The van der Waals surface area contributed by atoms with E-state index < -0.39 is 6.10 Å². The molecule has 0 radical (unpaired) electrons. The minimum atomic E-state index is -0.530. The number of rotatable bonds is 3. The van der Waals surface area contributed by atoms with Gasteiger partial charge in [-0.3, -0.25) is 4.68 Å². The molecule has 1 aliphatic heterocycles. The lowest BCUT2D eigenvalue weighted by Gasteiger charge is -2.30. The summed E-state index contributed by atoms with van der Waals surface area (Å²) in [6.45, 7) is 13.1. The lowest BCUT2D eigenvalue weighted by molar-refractivity contribution is -0.0887. The van der Waals surface area contributed by atoms with Crippen LogP contribution in [0.1, 0.15) is 58.5 Å². The van der Waals surface area contributed by atoms with E-state index >= 15 is 0 Å². The number of aryl methyl sites for hydroxylation is 2. The van der Waals surface area contributed by atoms with Crippen molar-refractivity contribution in [3.05, 3.63) is 17.5 Å². The van der Waals surface area contributed by atoms with Crippen molar-refractivity contribution in [2.75, 3.05) is 0 Å². The Balaban J connectivity index is 2.31. The molecular formula is C15H26N2O2. The van der Waals surface area contributed by atoms with Gasteiger partial charge in [0.25, 0.3) is 0 Å². The van der Waals surface area contributed by atoms with Gasteiger partial charge in [0.1, 0.15) is 6.10 Å². The summed E-state index contributed by atoms with van der Waals surface area (Å²) in [6, 6.07) is 1.98. The van der Waals surface area contributed by atoms with Gasteiger partial charge in [-0.05, 0) is 54.0 Å². The van der Waals surface area contributed by atoms with E-state index in [2.05, 4.69) is 32.8 Å². The molecule has 4 heteroatoms. The van der Waals surface area contributed by atoms with Crippen molar-refractivity contribution in [3.8, 4) is 0 Å². The summed E-state index contributed by atoms with van der Waals surface area (Å²) in [5.74, 6) is 0.0869. The van der Waals surface area contributed by atoms with E-state index in [0.29, 0.717) is 0 Å². The highest BCUT2D eigenvalue weighted by Crippen LogP contribution is 2.47. The van der Waals surface area contributed by atoms with Crippen LogP contribution in [-0.4, -0.2) is 26.1 Å². The second-order valence-corrected chi connectivity index (χ2v) is 6.75. The van der Waals surface area contributed by atoms with Gasteiger partial charge in [0, 0.05) is 12.5 Å². The molecule has 1 aromatic heterocycles. The van der Waals surface area contributed by atoms with Crippen molar-refractivity contribution in [1.82, 2.24) is 9.78 Å². The molecule has 19 heavy (non-hydrogen) atoms. The second kappa shape index (κ2) is 4.60. The summed E-state index contributed by atoms with van der Waals surface area (Å²) < 4.78 is 7.97. The Morgan fingerprint density at radius 1 is 1.47 bits per heavy atom. The molecule has 2 unspecified atom stereocenters. The number of nitrogens with zero attached hydrogens (tertiary/aromatic N) is 2. The Morgan fingerprint density at radius 3 is 2.58 bits per heavy atom. The van der Waals surface area contributed by atoms with Crippen molar-refractivity contribution in [2.24, 2.45) is 5.92 Å². The van der Waals surface area contributed by atoms with Gasteiger partial charge in [-0.15, -0.1) is 0 Å². The fourth-order valence-corrected chi connectivity index (χ4v) is 3.36. The van der Waals surface area contributed by atoms with Crippen LogP contribution in [0, 0.1) is 12.8 Å². The normalized spacial score (nSPS) is 26.6. The molecule has 0 aromatic carbocycles. The fraction of sp³-hybridized carbons (Fsp3) is 0.800. The van der Waals surface area contributed by atoms with Crippen LogP contribution in [0.4, 0.5) is 0 Å². The van der Waals surface area contributed by atoms with Gasteiger partial charge in [0.2, 0.25) is 0 Å². The number of ether oxygens (including phenoxy) is 1. The first-order valence-corrected chi connectivity index (χ1v) is 7.09. The molecule has 4 nitrogen and oxygen atoms in total. The number of aliphatic hydroxyl groups is 1. The Morgan fingerprint density at radius 2 is 2.11 bits per heavy atom. The molecule has 108 valence electrons. The van der Waals surface area contributed by atoms with Crippen molar-refractivity contribution in [2.45, 2.75) is 71.8 Å². The summed E-state index contributed by atoms with van der Waals surface area (Å²) in [5.41, 5.74) is 1.35. The first-order valence-electron chi connectivity index (χ1n) is 7.09. The minimum Gasteiger partial charge on any atom is -0.386 e. The maximum atomic E-state index is 10.8. The van der Waals surface area contributed by atoms with Crippen LogP contribution in [-0.2, 0) is 11.3 Å². The quantitative estimate of drug-likeness (QED) is 0.915. The van der Waals surface area contributed by atoms with Gasteiger partial charge in [0.05, 0.1) is 22.6 Å². The largest absolute Gasteiger partial charge is 0.386 e. The third-order valence-corrected chi connectivity index (χ3v) is 4.06. The molecule has 0 aliphatic carbocycles. The van der Waals surface area contributed by atoms with Crippen molar-refractivity contribution in [1.29, 1.82) is 0 Å². The lowest BCUT2D eigenvalue weighted by atomic mass is 9.82. The van der Waals surface area contributed by atoms with Crippen LogP contribution >= 0.6 is 0 Å². The Hall–Kier alpha value is -0.870. The third kappa shape index (κ3) is 2.70. The van der Waals surface area contributed by atoms with Crippen molar-refractivity contribution >= 4 is 0 Å². The van der Waals surface area contributed by atoms with Crippen LogP contribution in [0.15, 0.2) is 6.07 Å². The molecule has 1 N–H and O–H groups in total. The summed E-state index contributed by atoms with van der Waals surface area (Å²) >= 11 is 0. The smallest absolute Gasteiger partial charge is 0.101 e. The summed E-state index contributed by atoms with van der Waals surface area (Å²) in [6.07, 6.45) is 0.327. The number of hydrogen-bond acceptors (Lipinski definition) is 3. The lowest BCUT2D eigenvalue weighted by Crippen LogP contribution is -2.33.